The van der Waals surface area contributed by atoms with E-state index >= 15 is 0 Å². The average Bonchev–Trinajstić information content (AvgIpc) is 2.83. The molecule has 1 atom stereocenters. The second kappa shape index (κ2) is 8.79. The van der Waals surface area contributed by atoms with Crippen molar-refractivity contribution in [2.75, 3.05) is 25.0 Å². The van der Waals surface area contributed by atoms with Crippen molar-refractivity contribution in [3.05, 3.63) is 84.1 Å². The van der Waals surface area contributed by atoms with Crippen molar-refractivity contribution in [2.45, 2.75) is 19.6 Å². The van der Waals surface area contributed by atoms with Gasteiger partial charge in [0.25, 0.3) is 0 Å². The van der Waals surface area contributed by atoms with Gasteiger partial charge in [-0.15, -0.1) is 0 Å². The minimum atomic E-state index is -0.0324. The quantitative estimate of drug-likeness (QED) is 0.511. The molecule has 6 heteroatoms. The van der Waals surface area contributed by atoms with Gasteiger partial charge < -0.3 is 15.4 Å². The van der Waals surface area contributed by atoms with Crippen molar-refractivity contribution in [3.63, 3.8) is 0 Å². The van der Waals surface area contributed by atoms with Gasteiger partial charge >= 0.3 is 0 Å². The van der Waals surface area contributed by atoms with Crippen LogP contribution in [0.25, 0.3) is 21.9 Å². The first-order valence-electron chi connectivity index (χ1n) is 10.6. The molecule has 1 aromatic carbocycles. The van der Waals surface area contributed by atoms with Gasteiger partial charge in [-0.2, -0.15) is 0 Å². The smallest absolute Gasteiger partial charge is 0.136 e. The maximum absolute atomic E-state index is 5.92. The van der Waals surface area contributed by atoms with Gasteiger partial charge in [0.15, 0.2) is 0 Å². The highest BCUT2D eigenvalue weighted by atomic mass is 16.5. The molecule has 0 saturated carbocycles. The third kappa shape index (κ3) is 4.40. The first-order valence-corrected chi connectivity index (χ1v) is 10.6. The molecule has 5 rings (SSSR count). The number of pyridine rings is 3. The van der Waals surface area contributed by atoms with Crippen molar-refractivity contribution in [3.8, 4) is 11.1 Å². The van der Waals surface area contributed by atoms with E-state index in [1.807, 2.05) is 37.6 Å². The van der Waals surface area contributed by atoms with Gasteiger partial charge in [0.2, 0.25) is 0 Å². The third-order valence-corrected chi connectivity index (χ3v) is 5.56. The SMILES string of the molecule is Cc1cc(-c2ccc(CNc3nc(C4CNCCO4)cc4ccncc34)cc2)ccn1. The van der Waals surface area contributed by atoms with E-state index in [0.29, 0.717) is 13.2 Å². The summed E-state index contributed by atoms with van der Waals surface area (Å²) in [6.07, 6.45) is 5.50. The molecular weight excluding hydrogens is 386 g/mol. The summed E-state index contributed by atoms with van der Waals surface area (Å²) in [6.45, 7) is 5.05. The lowest BCUT2D eigenvalue weighted by molar-refractivity contribution is 0.0252. The lowest BCUT2D eigenvalue weighted by Gasteiger charge is -2.24. The Morgan fingerprint density at radius 1 is 1.06 bits per heavy atom. The fraction of sp³-hybridized carbons (Fsp3) is 0.240. The van der Waals surface area contributed by atoms with E-state index in [-0.39, 0.29) is 6.10 Å². The van der Waals surface area contributed by atoms with E-state index in [9.17, 15) is 0 Å². The number of anilines is 1. The van der Waals surface area contributed by atoms with Gasteiger partial charge in [-0.25, -0.2) is 4.98 Å². The molecule has 1 saturated heterocycles. The van der Waals surface area contributed by atoms with Crippen LogP contribution in [0.5, 0.6) is 0 Å². The molecule has 3 aromatic heterocycles. The summed E-state index contributed by atoms with van der Waals surface area (Å²) in [5.74, 6) is 0.837. The van der Waals surface area contributed by atoms with Crippen LogP contribution in [0.2, 0.25) is 0 Å². The lowest BCUT2D eigenvalue weighted by Crippen LogP contribution is -2.33. The molecular formula is C25H25N5O. The number of morpholine rings is 1. The monoisotopic (exact) mass is 411 g/mol. The summed E-state index contributed by atoms with van der Waals surface area (Å²) < 4.78 is 5.92. The van der Waals surface area contributed by atoms with Crippen LogP contribution >= 0.6 is 0 Å². The van der Waals surface area contributed by atoms with Crippen LogP contribution < -0.4 is 10.6 Å². The summed E-state index contributed by atoms with van der Waals surface area (Å²) in [5, 5.41) is 9.02. The highest BCUT2D eigenvalue weighted by Crippen LogP contribution is 2.27. The Labute approximate surface area is 181 Å². The topological polar surface area (TPSA) is 72.0 Å². The van der Waals surface area contributed by atoms with Crippen molar-refractivity contribution >= 4 is 16.6 Å². The van der Waals surface area contributed by atoms with Crippen LogP contribution in [0.3, 0.4) is 0 Å². The van der Waals surface area contributed by atoms with Gasteiger partial charge in [0, 0.05) is 49.3 Å². The summed E-state index contributed by atoms with van der Waals surface area (Å²) in [5.41, 5.74) is 5.52. The number of nitrogens with one attached hydrogen (secondary N) is 2. The molecule has 4 heterocycles. The highest BCUT2D eigenvalue weighted by Gasteiger charge is 2.19. The molecule has 0 spiro atoms. The predicted octanol–water partition coefficient (Wildman–Crippen LogP) is 4.27. The molecule has 31 heavy (non-hydrogen) atoms. The normalized spacial score (nSPS) is 16.4. The number of benzene rings is 1. The van der Waals surface area contributed by atoms with Gasteiger partial charge in [0.1, 0.15) is 11.9 Å². The fourth-order valence-electron chi connectivity index (χ4n) is 3.89. The second-order valence-corrected chi connectivity index (χ2v) is 7.79. The highest BCUT2D eigenvalue weighted by molar-refractivity contribution is 5.91. The number of rotatable bonds is 5. The van der Waals surface area contributed by atoms with Gasteiger partial charge in [0.05, 0.1) is 12.3 Å². The molecule has 156 valence electrons. The molecule has 4 aromatic rings. The van der Waals surface area contributed by atoms with Gasteiger partial charge in [-0.1, -0.05) is 24.3 Å². The largest absolute Gasteiger partial charge is 0.369 e. The number of hydrogen-bond donors (Lipinski definition) is 2. The van der Waals surface area contributed by atoms with E-state index in [4.69, 9.17) is 9.72 Å². The Hall–Kier alpha value is -3.35. The van der Waals surface area contributed by atoms with Crippen molar-refractivity contribution in [1.29, 1.82) is 0 Å². The molecule has 0 radical (unpaired) electrons. The number of hydrogen-bond acceptors (Lipinski definition) is 6. The van der Waals surface area contributed by atoms with Gasteiger partial charge in [-0.3, -0.25) is 9.97 Å². The number of aromatic nitrogens is 3. The van der Waals surface area contributed by atoms with Crippen LogP contribution in [0.15, 0.2) is 67.1 Å². The number of fused-ring (bicyclic) bond motifs is 1. The Bertz CT molecular complexity index is 1190. The van der Waals surface area contributed by atoms with Crippen LogP contribution in [0.4, 0.5) is 5.82 Å². The van der Waals surface area contributed by atoms with Crippen LogP contribution in [-0.4, -0.2) is 34.6 Å². The molecule has 1 fully saturated rings. The van der Waals surface area contributed by atoms with Crippen LogP contribution in [0.1, 0.15) is 23.1 Å². The minimum Gasteiger partial charge on any atom is -0.369 e. The van der Waals surface area contributed by atoms with Crippen LogP contribution in [0, 0.1) is 6.92 Å². The molecule has 0 aliphatic carbocycles. The first-order chi connectivity index (χ1) is 15.3. The van der Waals surface area contributed by atoms with E-state index in [0.717, 1.165) is 41.1 Å². The number of aryl methyl sites for hydroxylation is 1. The van der Waals surface area contributed by atoms with E-state index in [2.05, 4.69) is 57.0 Å². The maximum atomic E-state index is 5.92. The zero-order valence-corrected chi connectivity index (χ0v) is 17.5. The standard InChI is InChI=1S/C25H25N5O/c1-17-12-20(7-9-28-17)19-4-2-18(3-5-19)14-29-25-22-15-26-8-6-21(22)13-23(30-25)24-16-27-10-11-31-24/h2-9,12-13,15,24,27H,10-11,14,16H2,1H3,(H,29,30). The zero-order valence-electron chi connectivity index (χ0n) is 17.5. The van der Waals surface area contributed by atoms with Crippen molar-refractivity contribution in [1.82, 2.24) is 20.3 Å². The third-order valence-electron chi connectivity index (χ3n) is 5.56. The van der Waals surface area contributed by atoms with Crippen molar-refractivity contribution < 1.29 is 4.74 Å². The lowest BCUT2D eigenvalue weighted by atomic mass is 10.0. The molecule has 2 N–H and O–H groups in total. The van der Waals surface area contributed by atoms with E-state index in [1.165, 1.54) is 16.7 Å². The van der Waals surface area contributed by atoms with Crippen molar-refractivity contribution in [2.24, 2.45) is 0 Å². The number of ether oxygens (including phenoxy) is 1. The average molecular weight is 412 g/mol. The Kier molecular flexibility index (Phi) is 5.56. The predicted molar refractivity (Wildman–Crippen MR) is 123 cm³/mol. The maximum Gasteiger partial charge on any atom is 0.136 e. The number of nitrogens with zero attached hydrogens (tertiary/aromatic N) is 3. The molecule has 1 aliphatic heterocycles. The van der Waals surface area contributed by atoms with Crippen LogP contribution in [-0.2, 0) is 11.3 Å². The second-order valence-electron chi connectivity index (χ2n) is 7.79. The fourth-order valence-corrected chi connectivity index (χ4v) is 3.89. The molecule has 6 nitrogen and oxygen atoms in total. The molecule has 0 bridgehead atoms. The van der Waals surface area contributed by atoms with E-state index < -0.39 is 0 Å². The molecule has 1 aliphatic rings. The van der Waals surface area contributed by atoms with E-state index in [1.54, 1.807) is 0 Å². The first kappa shape index (κ1) is 19.6. The Balaban J connectivity index is 1.37. The molecule has 1 unspecified atom stereocenters. The summed E-state index contributed by atoms with van der Waals surface area (Å²) in [4.78, 5) is 13.5. The molecule has 0 amide bonds. The zero-order chi connectivity index (χ0) is 21.0. The Morgan fingerprint density at radius 2 is 1.97 bits per heavy atom. The van der Waals surface area contributed by atoms with Gasteiger partial charge in [-0.05, 0) is 53.3 Å². The summed E-state index contributed by atoms with van der Waals surface area (Å²) in [6, 6.07) is 16.9. The Morgan fingerprint density at radius 3 is 2.77 bits per heavy atom. The summed E-state index contributed by atoms with van der Waals surface area (Å²) >= 11 is 0. The summed E-state index contributed by atoms with van der Waals surface area (Å²) in [7, 11) is 0. The minimum absolute atomic E-state index is 0.0324.